The van der Waals surface area contributed by atoms with E-state index in [9.17, 15) is 9.18 Å². The summed E-state index contributed by atoms with van der Waals surface area (Å²) in [7, 11) is 0. The lowest BCUT2D eigenvalue weighted by molar-refractivity contribution is -0.116. The number of aryl methyl sites for hydroxylation is 2. The third-order valence-electron chi connectivity index (χ3n) is 5.11. The highest BCUT2D eigenvalue weighted by atomic mass is 19.1. The first-order valence-electron chi connectivity index (χ1n) is 10.0. The number of carbonyl (C=O) groups is 1. The highest BCUT2D eigenvalue weighted by Gasteiger charge is 2.14. The molecule has 7 heteroatoms. The van der Waals surface area contributed by atoms with Crippen LogP contribution >= 0.6 is 0 Å². The largest absolute Gasteiger partial charge is 0.441 e. The molecule has 156 valence electrons. The highest BCUT2D eigenvalue weighted by molar-refractivity contribution is 5.91. The molecule has 1 fully saturated rings. The fourth-order valence-corrected chi connectivity index (χ4v) is 3.41. The van der Waals surface area contributed by atoms with Crippen molar-refractivity contribution < 1.29 is 18.3 Å². The summed E-state index contributed by atoms with van der Waals surface area (Å²) in [6.45, 7) is 5.22. The van der Waals surface area contributed by atoms with Crippen LogP contribution in [-0.4, -0.2) is 37.2 Å². The van der Waals surface area contributed by atoms with Gasteiger partial charge in [0.25, 0.3) is 0 Å². The van der Waals surface area contributed by atoms with Crippen molar-refractivity contribution in [1.82, 2.24) is 4.98 Å². The fourth-order valence-electron chi connectivity index (χ4n) is 3.41. The van der Waals surface area contributed by atoms with E-state index in [1.54, 1.807) is 18.3 Å². The van der Waals surface area contributed by atoms with Gasteiger partial charge in [-0.15, -0.1) is 0 Å². The Hall–Kier alpha value is -3.19. The van der Waals surface area contributed by atoms with E-state index in [4.69, 9.17) is 9.15 Å². The molecular weight excluding hydrogens is 385 g/mol. The van der Waals surface area contributed by atoms with Crippen molar-refractivity contribution >= 4 is 17.3 Å². The van der Waals surface area contributed by atoms with Crippen LogP contribution in [0.25, 0.3) is 11.3 Å². The molecule has 1 amide bonds. The monoisotopic (exact) mass is 409 g/mol. The van der Waals surface area contributed by atoms with Gasteiger partial charge in [-0.2, -0.15) is 0 Å². The number of nitrogens with zero attached hydrogens (tertiary/aromatic N) is 2. The second-order valence-electron chi connectivity index (χ2n) is 7.27. The molecule has 4 rings (SSSR count). The second kappa shape index (κ2) is 9.09. The molecule has 2 heterocycles. The van der Waals surface area contributed by atoms with Crippen LogP contribution in [-0.2, 0) is 16.0 Å². The summed E-state index contributed by atoms with van der Waals surface area (Å²) in [6.07, 6.45) is 2.24. The van der Waals surface area contributed by atoms with Gasteiger partial charge in [0, 0.05) is 42.9 Å². The number of halogens is 1. The van der Waals surface area contributed by atoms with Crippen molar-refractivity contribution in [3.8, 4) is 11.3 Å². The van der Waals surface area contributed by atoms with Gasteiger partial charge in [0.15, 0.2) is 11.7 Å². The molecule has 6 nitrogen and oxygen atoms in total. The lowest BCUT2D eigenvalue weighted by atomic mass is 10.1. The number of benzene rings is 2. The first-order valence-corrected chi connectivity index (χ1v) is 10.0. The Bertz CT molecular complexity index is 1010. The number of hydrogen-bond donors (Lipinski definition) is 1. The zero-order chi connectivity index (χ0) is 20.9. The number of nitrogens with one attached hydrogen (secondary N) is 1. The van der Waals surface area contributed by atoms with Gasteiger partial charge in [-0.05, 0) is 55.0 Å². The minimum atomic E-state index is -0.302. The van der Waals surface area contributed by atoms with E-state index in [2.05, 4.69) is 21.3 Å². The molecule has 1 saturated heterocycles. The van der Waals surface area contributed by atoms with Gasteiger partial charge >= 0.3 is 0 Å². The van der Waals surface area contributed by atoms with Gasteiger partial charge in [0.2, 0.25) is 5.91 Å². The molecule has 0 spiro atoms. The Balaban J connectivity index is 1.32. The Morgan fingerprint density at radius 2 is 1.93 bits per heavy atom. The molecule has 0 bridgehead atoms. The fraction of sp³-hybridized carbons (Fsp3) is 0.304. The van der Waals surface area contributed by atoms with Crippen LogP contribution in [0.15, 0.2) is 53.1 Å². The predicted molar refractivity (Wildman–Crippen MR) is 113 cm³/mol. The Morgan fingerprint density at radius 3 is 2.67 bits per heavy atom. The van der Waals surface area contributed by atoms with Crippen LogP contribution in [0.2, 0.25) is 0 Å². The average molecular weight is 409 g/mol. The summed E-state index contributed by atoms with van der Waals surface area (Å²) in [6, 6.07) is 12.1. The highest BCUT2D eigenvalue weighted by Crippen LogP contribution is 2.24. The summed E-state index contributed by atoms with van der Waals surface area (Å²) in [4.78, 5) is 18.9. The summed E-state index contributed by atoms with van der Waals surface area (Å²) < 4.78 is 24.1. The van der Waals surface area contributed by atoms with Crippen molar-refractivity contribution in [2.24, 2.45) is 0 Å². The summed E-state index contributed by atoms with van der Waals surface area (Å²) in [5.41, 5.74) is 3.70. The summed E-state index contributed by atoms with van der Waals surface area (Å²) in [5.74, 6) is 0.631. The third kappa shape index (κ3) is 4.86. The number of oxazole rings is 1. The van der Waals surface area contributed by atoms with Gasteiger partial charge < -0.3 is 19.4 Å². The van der Waals surface area contributed by atoms with E-state index in [0.717, 1.165) is 48.8 Å². The number of hydrogen-bond acceptors (Lipinski definition) is 5. The number of ether oxygens (including phenoxy) is 1. The molecule has 1 aliphatic rings. The molecule has 0 saturated carbocycles. The van der Waals surface area contributed by atoms with Gasteiger partial charge in [-0.1, -0.05) is 0 Å². The number of aromatic nitrogens is 1. The van der Waals surface area contributed by atoms with Crippen molar-refractivity contribution in [3.63, 3.8) is 0 Å². The van der Waals surface area contributed by atoms with Crippen molar-refractivity contribution in [2.45, 2.75) is 19.8 Å². The molecule has 0 aliphatic carbocycles. The van der Waals surface area contributed by atoms with Crippen LogP contribution in [0.3, 0.4) is 0 Å². The maximum atomic E-state index is 13.0. The molecule has 3 aromatic rings. The smallest absolute Gasteiger partial charge is 0.224 e. The topological polar surface area (TPSA) is 67.6 Å². The number of carbonyl (C=O) groups excluding carboxylic acids is 1. The van der Waals surface area contributed by atoms with E-state index >= 15 is 0 Å². The van der Waals surface area contributed by atoms with E-state index in [0.29, 0.717) is 18.1 Å². The van der Waals surface area contributed by atoms with Crippen molar-refractivity contribution in [1.29, 1.82) is 0 Å². The predicted octanol–water partition coefficient (Wildman–Crippen LogP) is 4.20. The molecule has 1 N–H and O–H groups in total. The van der Waals surface area contributed by atoms with Crippen molar-refractivity contribution in [3.05, 3.63) is 65.9 Å². The Morgan fingerprint density at radius 1 is 1.17 bits per heavy atom. The lowest BCUT2D eigenvalue weighted by Gasteiger charge is -2.29. The number of anilines is 2. The molecule has 0 atom stereocenters. The Kier molecular flexibility index (Phi) is 6.09. The van der Waals surface area contributed by atoms with Gasteiger partial charge in [-0.3, -0.25) is 4.79 Å². The molecule has 0 unspecified atom stereocenters. The zero-order valence-electron chi connectivity index (χ0n) is 16.9. The van der Waals surface area contributed by atoms with Crippen LogP contribution in [0.5, 0.6) is 0 Å². The molecule has 1 aromatic heterocycles. The minimum Gasteiger partial charge on any atom is -0.441 e. The second-order valence-corrected chi connectivity index (χ2v) is 7.27. The van der Waals surface area contributed by atoms with Crippen molar-refractivity contribution in [2.75, 3.05) is 36.5 Å². The van der Waals surface area contributed by atoms with Gasteiger partial charge in [0.1, 0.15) is 5.82 Å². The quantitative estimate of drug-likeness (QED) is 0.661. The minimum absolute atomic E-state index is 0.0984. The van der Waals surface area contributed by atoms with E-state index in [1.807, 2.05) is 19.1 Å². The number of amides is 1. The molecule has 0 radical (unpaired) electrons. The van der Waals surface area contributed by atoms with Crippen LogP contribution in [0.1, 0.15) is 17.9 Å². The maximum absolute atomic E-state index is 13.0. The molecule has 2 aromatic carbocycles. The average Bonchev–Trinajstić information content (AvgIpc) is 3.24. The molecule has 30 heavy (non-hydrogen) atoms. The normalized spacial score (nSPS) is 14.0. The first-order chi connectivity index (χ1) is 14.6. The van der Waals surface area contributed by atoms with E-state index < -0.39 is 0 Å². The van der Waals surface area contributed by atoms with Crippen LogP contribution in [0, 0.1) is 12.7 Å². The van der Waals surface area contributed by atoms with Crippen LogP contribution < -0.4 is 10.2 Å². The lowest BCUT2D eigenvalue weighted by Crippen LogP contribution is -2.36. The standard InChI is InChI=1S/C23H24FN3O3/c1-16-14-19(27-10-12-29-13-11-27)6-7-20(16)26-22(28)8-9-23-25-15-21(30-23)17-2-4-18(24)5-3-17/h2-7,14-15H,8-13H2,1H3,(H,26,28). The van der Waals surface area contributed by atoms with E-state index in [-0.39, 0.29) is 18.1 Å². The molecular formula is C23H24FN3O3. The summed E-state index contributed by atoms with van der Waals surface area (Å²) in [5, 5.41) is 2.96. The number of morpholine rings is 1. The third-order valence-corrected chi connectivity index (χ3v) is 5.11. The van der Waals surface area contributed by atoms with Gasteiger partial charge in [0.05, 0.1) is 19.4 Å². The van der Waals surface area contributed by atoms with E-state index in [1.165, 1.54) is 12.1 Å². The first kappa shape index (κ1) is 20.1. The molecule has 1 aliphatic heterocycles. The maximum Gasteiger partial charge on any atom is 0.224 e. The Labute approximate surface area is 174 Å². The zero-order valence-corrected chi connectivity index (χ0v) is 16.9. The van der Waals surface area contributed by atoms with Gasteiger partial charge in [-0.25, -0.2) is 9.37 Å². The number of rotatable bonds is 6. The SMILES string of the molecule is Cc1cc(N2CCOCC2)ccc1NC(=O)CCc1ncc(-c2ccc(F)cc2)o1. The summed E-state index contributed by atoms with van der Waals surface area (Å²) >= 11 is 0. The van der Waals surface area contributed by atoms with Crippen LogP contribution in [0.4, 0.5) is 15.8 Å².